The molecule has 1 saturated heterocycles. The Morgan fingerprint density at radius 3 is 2.44 bits per heavy atom. The van der Waals surface area contributed by atoms with Crippen LogP contribution in [0, 0.1) is 0 Å². The highest BCUT2D eigenvalue weighted by Gasteiger charge is 2.35. The average molecular weight is 451 g/mol. The molecule has 5 nitrogen and oxygen atoms in total. The first-order valence-electron chi connectivity index (χ1n) is 8.41. The van der Waals surface area contributed by atoms with E-state index in [-0.39, 0.29) is 18.2 Å². The summed E-state index contributed by atoms with van der Waals surface area (Å²) in [4.78, 5) is 27.8. The van der Waals surface area contributed by atoms with Crippen molar-refractivity contribution in [2.75, 3.05) is 20.1 Å². The second kappa shape index (κ2) is 7.69. The van der Waals surface area contributed by atoms with Gasteiger partial charge in [0.15, 0.2) is 0 Å². The minimum atomic E-state index is -4.53. The van der Waals surface area contributed by atoms with E-state index >= 15 is 0 Å². The molecule has 1 heterocycles. The van der Waals surface area contributed by atoms with Gasteiger partial charge in [-0.15, -0.1) is 0 Å². The standard InChI is InChI=1S/C18H22BrF3N2O3/c1-17(2,3)27-16(26)23(4)12-7-8-24(10-12)15(25)13-9-11(18(20,21)22)5-6-14(13)19/h5-6,9,12H,7-8,10H2,1-4H3. The molecule has 0 N–H and O–H groups in total. The summed E-state index contributed by atoms with van der Waals surface area (Å²) >= 11 is 3.15. The highest BCUT2D eigenvalue weighted by molar-refractivity contribution is 9.10. The largest absolute Gasteiger partial charge is 0.444 e. The maximum absolute atomic E-state index is 12.9. The fourth-order valence-corrected chi connectivity index (χ4v) is 3.18. The monoisotopic (exact) mass is 450 g/mol. The van der Waals surface area contributed by atoms with Crippen LogP contribution in [0.4, 0.5) is 18.0 Å². The molecular formula is C18H22BrF3N2O3. The van der Waals surface area contributed by atoms with E-state index in [1.54, 1.807) is 27.8 Å². The SMILES string of the molecule is CN(C(=O)OC(C)(C)C)C1CCN(C(=O)c2cc(C(F)(F)F)ccc2Br)C1. The molecule has 0 aromatic heterocycles. The number of ether oxygens (including phenoxy) is 1. The third-order valence-electron chi connectivity index (χ3n) is 4.20. The van der Waals surface area contributed by atoms with Gasteiger partial charge in [-0.2, -0.15) is 13.2 Å². The van der Waals surface area contributed by atoms with E-state index < -0.39 is 29.3 Å². The Hall–Kier alpha value is -1.77. The van der Waals surface area contributed by atoms with Gasteiger partial charge in [0, 0.05) is 24.6 Å². The summed E-state index contributed by atoms with van der Waals surface area (Å²) < 4.78 is 44.4. The molecule has 27 heavy (non-hydrogen) atoms. The summed E-state index contributed by atoms with van der Waals surface area (Å²) in [5, 5.41) is 0. The van der Waals surface area contributed by atoms with Crippen LogP contribution in [0.25, 0.3) is 0 Å². The highest BCUT2D eigenvalue weighted by atomic mass is 79.9. The van der Waals surface area contributed by atoms with E-state index in [1.165, 1.54) is 15.9 Å². The molecule has 0 spiro atoms. The summed E-state index contributed by atoms with van der Waals surface area (Å²) in [5.74, 6) is -0.506. The zero-order valence-electron chi connectivity index (χ0n) is 15.6. The molecule has 9 heteroatoms. The number of rotatable bonds is 2. The quantitative estimate of drug-likeness (QED) is 0.663. The molecule has 1 aromatic carbocycles. The number of likely N-dealkylation sites (tertiary alicyclic amines) is 1. The van der Waals surface area contributed by atoms with Gasteiger partial charge in [-0.1, -0.05) is 0 Å². The van der Waals surface area contributed by atoms with Crippen molar-refractivity contribution in [1.82, 2.24) is 9.80 Å². The Morgan fingerprint density at radius 2 is 1.89 bits per heavy atom. The molecule has 1 aliphatic rings. The van der Waals surface area contributed by atoms with Crippen LogP contribution in [0.15, 0.2) is 22.7 Å². The molecule has 1 aliphatic heterocycles. The summed E-state index contributed by atoms with van der Waals surface area (Å²) in [6.45, 7) is 5.85. The van der Waals surface area contributed by atoms with Crippen molar-refractivity contribution in [3.63, 3.8) is 0 Å². The first-order valence-corrected chi connectivity index (χ1v) is 9.21. The molecule has 1 unspecified atom stereocenters. The number of likely N-dealkylation sites (N-methyl/N-ethyl adjacent to an activating group) is 1. The summed E-state index contributed by atoms with van der Waals surface area (Å²) in [6.07, 6.45) is -4.50. The van der Waals surface area contributed by atoms with Gasteiger partial charge in [-0.25, -0.2) is 4.79 Å². The molecule has 1 aromatic rings. The van der Waals surface area contributed by atoms with Gasteiger partial charge in [0.1, 0.15) is 5.60 Å². The lowest BCUT2D eigenvalue weighted by atomic mass is 10.1. The van der Waals surface area contributed by atoms with Gasteiger partial charge in [0.2, 0.25) is 0 Å². The number of carbonyl (C=O) groups excluding carboxylic acids is 2. The maximum atomic E-state index is 12.9. The van der Waals surface area contributed by atoms with Crippen LogP contribution in [0.5, 0.6) is 0 Å². The van der Waals surface area contributed by atoms with Crippen LogP contribution in [0.3, 0.4) is 0 Å². The minimum Gasteiger partial charge on any atom is -0.444 e. The lowest BCUT2D eigenvalue weighted by Crippen LogP contribution is -2.42. The van der Waals surface area contributed by atoms with E-state index in [0.717, 1.165) is 12.1 Å². The minimum absolute atomic E-state index is 0.0506. The van der Waals surface area contributed by atoms with E-state index in [0.29, 0.717) is 17.4 Å². The van der Waals surface area contributed by atoms with Crippen LogP contribution in [-0.4, -0.2) is 53.6 Å². The van der Waals surface area contributed by atoms with Gasteiger partial charge >= 0.3 is 12.3 Å². The van der Waals surface area contributed by atoms with Gasteiger partial charge in [-0.05, 0) is 61.3 Å². The fourth-order valence-electron chi connectivity index (χ4n) is 2.76. The fraction of sp³-hybridized carbons (Fsp3) is 0.556. The second-order valence-corrected chi connectivity index (χ2v) is 8.33. The number of hydrogen-bond acceptors (Lipinski definition) is 3. The molecule has 1 fully saturated rings. The van der Waals surface area contributed by atoms with Crippen molar-refractivity contribution >= 4 is 27.9 Å². The van der Waals surface area contributed by atoms with E-state index in [9.17, 15) is 22.8 Å². The van der Waals surface area contributed by atoms with Gasteiger partial charge in [-0.3, -0.25) is 4.79 Å². The number of carbonyl (C=O) groups is 2. The average Bonchev–Trinajstić information content (AvgIpc) is 3.01. The highest BCUT2D eigenvalue weighted by Crippen LogP contribution is 2.32. The molecule has 150 valence electrons. The molecule has 0 saturated carbocycles. The molecule has 0 bridgehead atoms. The Kier molecular flexibility index (Phi) is 6.13. The Bertz CT molecular complexity index is 732. The number of hydrogen-bond donors (Lipinski definition) is 0. The van der Waals surface area contributed by atoms with Crippen LogP contribution < -0.4 is 0 Å². The van der Waals surface area contributed by atoms with Gasteiger partial charge in [0.05, 0.1) is 17.2 Å². The third-order valence-corrected chi connectivity index (χ3v) is 4.90. The van der Waals surface area contributed by atoms with Crippen molar-refractivity contribution in [3.8, 4) is 0 Å². The molecule has 2 rings (SSSR count). The van der Waals surface area contributed by atoms with Crippen molar-refractivity contribution in [3.05, 3.63) is 33.8 Å². The maximum Gasteiger partial charge on any atom is 0.416 e. The number of alkyl halides is 3. The van der Waals surface area contributed by atoms with Crippen molar-refractivity contribution < 1.29 is 27.5 Å². The molecule has 1 atom stereocenters. The normalized spacial score (nSPS) is 17.8. The van der Waals surface area contributed by atoms with Crippen molar-refractivity contribution in [2.24, 2.45) is 0 Å². The number of nitrogens with zero attached hydrogens (tertiary/aromatic N) is 2. The molecular weight excluding hydrogens is 429 g/mol. The van der Waals surface area contributed by atoms with Crippen molar-refractivity contribution in [1.29, 1.82) is 0 Å². The smallest absolute Gasteiger partial charge is 0.416 e. The summed E-state index contributed by atoms with van der Waals surface area (Å²) in [6, 6.07) is 2.73. The predicted octanol–water partition coefficient (Wildman–Crippen LogP) is 4.55. The van der Waals surface area contributed by atoms with E-state index in [1.807, 2.05) is 0 Å². The van der Waals surface area contributed by atoms with Crippen molar-refractivity contribution in [2.45, 2.75) is 45.0 Å². The molecule has 0 aliphatic carbocycles. The topological polar surface area (TPSA) is 49.9 Å². The lowest BCUT2D eigenvalue weighted by Gasteiger charge is -2.28. The first kappa shape index (κ1) is 21.5. The van der Waals surface area contributed by atoms with Gasteiger partial charge in [0.25, 0.3) is 5.91 Å². The number of halogens is 4. The number of benzene rings is 1. The zero-order valence-corrected chi connectivity index (χ0v) is 17.1. The lowest BCUT2D eigenvalue weighted by molar-refractivity contribution is -0.137. The Balaban J connectivity index is 2.11. The number of amides is 2. The summed E-state index contributed by atoms with van der Waals surface area (Å²) in [5.41, 5.74) is -1.57. The Labute approximate surface area is 164 Å². The Morgan fingerprint density at radius 1 is 1.26 bits per heavy atom. The van der Waals surface area contributed by atoms with Crippen LogP contribution in [-0.2, 0) is 10.9 Å². The van der Waals surface area contributed by atoms with Crippen LogP contribution in [0.1, 0.15) is 43.1 Å². The van der Waals surface area contributed by atoms with Crippen LogP contribution in [0.2, 0.25) is 0 Å². The predicted molar refractivity (Wildman–Crippen MR) is 97.4 cm³/mol. The van der Waals surface area contributed by atoms with Crippen LogP contribution >= 0.6 is 15.9 Å². The van der Waals surface area contributed by atoms with E-state index in [4.69, 9.17) is 4.74 Å². The zero-order chi connectivity index (χ0) is 20.6. The first-order chi connectivity index (χ1) is 12.3. The molecule has 2 amide bonds. The summed E-state index contributed by atoms with van der Waals surface area (Å²) in [7, 11) is 1.59. The second-order valence-electron chi connectivity index (χ2n) is 7.48. The third kappa shape index (κ3) is 5.37. The van der Waals surface area contributed by atoms with Gasteiger partial charge < -0.3 is 14.5 Å². The van der Waals surface area contributed by atoms with E-state index in [2.05, 4.69) is 15.9 Å². The molecule has 0 radical (unpaired) electrons.